The number of carbonyl (C=O) groups is 1. The highest BCUT2D eigenvalue weighted by molar-refractivity contribution is 7.90. The Morgan fingerprint density at radius 1 is 1.24 bits per heavy atom. The van der Waals surface area contributed by atoms with Crippen LogP contribution in [0, 0.1) is 17.8 Å². The number of halogens is 4. The Morgan fingerprint density at radius 3 is 2.67 bits per heavy atom. The first kappa shape index (κ1) is 31.1. The second-order valence-corrected chi connectivity index (χ2v) is 12.2. The highest BCUT2D eigenvalue weighted by atomic mass is 32.2. The number of methoxy groups -OCH3 is 1. The molecule has 0 radical (unpaired) electrons. The largest absolute Gasteiger partial charge is 0.495 e. The molecule has 2 heterocycles. The molecule has 3 aromatic rings. The van der Waals surface area contributed by atoms with Gasteiger partial charge in [-0.1, -0.05) is 11.8 Å². The predicted octanol–water partition coefficient (Wildman–Crippen LogP) is 3.49. The van der Waals surface area contributed by atoms with Gasteiger partial charge in [-0.3, -0.25) is 9.18 Å². The molecule has 1 aliphatic rings. The highest BCUT2D eigenvalue weighted by Gasteiger charge is 2.31. The zero-order valence-corrected chi connectivity index (χ0v) is 24.1. The van der Waals surface area contributed by atoms with Crippen LogP contribution in [0.15, 0.2) is 41.6 Å². The zero-order valence-electron chi connectivity index (χ0n) is 23.3. The van der Waals surface area contributed by atoms with Crippen molar-refractivity contribution < 1.29 is 35.5 Å². The Morgan fingerprint density at radius 2 is 2.00 bits per heavy atom. The second-order valence-electron chi connectivity index (χ2n) is 10.2. The van der Waals surface area contributed by atoms with E-state index in [4.69, 9.17) is 4.74 Å². The zero-order chi connectivity index (χ0) is 30.7. The number of nitrogens with one attached hydrogen (secondary N) is 2. The van der Waals surface area contributed by atoms with E-state index in [-0.39, 0.29) is 33.6 Å². The van der Waals surface area contributed by atoms with Gasteiger partial charge in [0, 0.05) is 30.3 Å². The Hall–Kier alpha value is -3.83. The highest BCUT2D eigenvalue weighted by Crippen LogP contribution is 2.28. The summed E-state index contributed by atoms with van der Waals surface area (Å²) in [6.45, 7) is -0.778. The lowest BCUT2D eigenvalue weighted by Gasteiger charge is -2.35. The number of aromatic nitrogens is 2. The van der Waals surface area contributed by atoms with Gasteiger partial charge in [0.25, 0.3) is 5.91 Å². The quantitative estimate of drug-likeness (QED) is 0.298. The number of hydrogen-bond acceptors (Lipinski definition) is 7. The molecule has 9 nitrogen and oxygen atoms in total. The van der Waals surface area contributed by atoms with E-state index in [0.717, 1.165) is 17.2 Å². The molecule has 1 saturated heterocycles. The van der Waals surface area contributed by atoms with Crippen molar-refractivity contribution >= 4 is 32.5 Å². The van der Waals surface area contributed by atoms with E-state index >= 15 is 0 Å². The molecule has 14 heteroatoms. The molecule has 0 spiro atoms. The summed E-state index contributed by atoms with van der Waals surface area (Å²) in [5, 5.41) is 5.83. The summed E-state index contributed by atoms with van der Waals surface area (Å²) in [7, 11) is -0.171. The Kier molecular flexibility index (Phi) is 9.32. The van der Waals surface area contributed by atoms with E-state index in [1.54, 1.807) is 0 Å². The van der Waals surface area contributed by atoms with E-state index in [1.165, 1.54) is 37.4 Å². The SMILES string of the molecule is COc1ccc(S(C)(=O)=O)cc1NCC#Cc1cc(C(=O)NC2CCN(C)CC2CF)c2ncn(CC(F)(F)F)c2c1. The van der Waals surface area contributed by atoms with Crippen molar-refractivity contribution in [3.05, 3.63) is 47.8 Å². The average molecular weight is 610 g/mol. The topological polar surface area (TPSA) is 106 Å². The number of ether oxygens (including phenoxy) is 1. The van der Waals surface area contributed by atoms with Crippen LogP contribution in [-0.4, -0.2) is 87.7 Å². The van der Waals surface area contributed by atoms with Gasteiger partial charge in [0.15, 0.2) is 9.84 Å². The molecule has 4 rings (SSSR count). The summed E-state index contributed by atoms with van der Waals surface area (Å²) in [6, 6.07) is 6.75. The Balaban J connectivity index is 1.64. The van der Waals surface area contributed by atoms with E-state index in [2.05, 4.69) is 27.5 Å². The molecule has 1 aromatic heterocycles. The number of anilines is 1. The maximum absolute atomic E-state index is 13.7. The van der Waals surface area contributed by atoms with E-state index in [1.807, 2.05) is 11.9 Å². The summed E-state index contributed by atoms with van der Waals surface area (Å²) in [5.74, 6) is 5.10. The molecular weight excluding hydrogens is 578 g/mol. The van der Waals surface area contributed by atoms with Crippen molar-refractivity contribution in [1.82, 2.24) is 19.8 Å². The second kappa shape index (κ2) is 12.6. The summed E-state index contributed by atoms with van der Waals surface area (Å²) >= 11 is 0. The van der Waals surface area contributed by atoms with Crippen molar-refractivity contribution in [2.45, 2.75) is 30.1 Å². The fourth-order valence-corrected chi connectivity index (χ4v) is 5.52. The fraction of sp³-hybridized carbons (Fsp3) is 0.429. The monoisotopic (exact) mass is 609 g/mol. The van der Waals surface area contributed by atoms with Gasteiger partial charge >= 0.3 is 6.18 Å². The van der Waals surface area contributed by atoms with Crippen LogP contribution in [0.5, 0.6) is 5.75 Å². The van der Waals surface area contributed by atoms with Crippen LogP contribution in [0.1, 0.15) is 22.3 Å². The molecule has 2 aromatic carbocycles. The van der Waals surface area contributed by atoms with Gasteiger partial charge in [-0.15, -0.1) is 0 Å². The lowest BCUT2D eigenvalue weighted by Crippen LogP contribution is -2.50. The molecule has 2 atom stereocenters. The van der Waals surface area contributed by atoms with Gasteiger partial charge in [-0.05, 0) is 50.3 Å². The van der Waals surface area contributed by atoms with Gasteiger partial charge in [-0.2, -0.15) is 13.2 Å². The summed E-state index contributed by atoms with van der Waals surface area (Å²) in [4.78, 5) is 19.5. The first-order chi connectivity index (χ1) is 19.8. The lowest BCUT2D eigenvalue weighted by atomic mass is 9.93. The van der Waals surface area contributed by atoms with Crippen LogP contribution in [0.4, 0.5) is 23.2 Å². The number of carbonyl (C=O) groups excluding carboxylic acids is 1. The number of amides is 1. The van der Waals surface area contributed by atoms with Gasteiger partial charge < -0.3 is 24.8 Å². The number of sulfone groups is 1. The van der Waals surface area contributed by atoms with Crippen molar-refractivity contribution in [3.63, 3.8) is 0 Å². The van der Waals surface area contributed by atoms with Crippen molar-refractivity contribution in [2.75, 3.05) is 52.0 Å². The van der Waals surface area contributed by atoms with Gasteiger partial charge in [0.1, 0.15) is 17.8 Å². The van der Waals surface area contributed by atoms with Gasteiger partial charge in [-0.25, -0.2) is 13.4 Å². The van der Waals surface area contributed by atoms with Crippen LogP contribution in [0.25, 0.3) is 11.0 Å². The molecule has 42 heavy (non-hydrogen) atoms. The molecule has 2 unspecified atom stereocenters. The fourth-order valence-electron chi connectivity index (χ4n) is 4.88. The maximum Gasteiger partial charge on any atom is 0.406 e. The smallest absolute Gasteiger partial charge is 0.406 e. The normalized spacial score (nSPS) is 17.9. The third-order valence-corrected chi connectivity index (χ3v) is 8.08. The Labute approximate surface area is 241 Å². The first-order valence-corrected chi connectivity index (χ1v) is 14.9. The lowest BCUT2D eigenvalue weighted by molar-refractivity contribution is -0.139. The molecule has 226 valence electrons. The minimum Gasteiger partial charge on any atom is -0.495 e. The number of fused-ring (bicyclic) bond motifs is 1. The van der Waals surface area contributed by atoms with Crippen molar-refractivity contribution in [1.29, 1.82) is 0 Å². The number of rotatable bonds is 8. The van der Waals surface area contributed by atoms with E-state index in [9.17, 15) is 30.8 Å². The van der Waals surface area contributed by atoms with E-state index < -0.39 is 47.1 Å². The van der Waals surface area contributed by atoms with E-state index in [0.29, 0.717) is 30.9 Å². The minimum atomic E-state index is -4.52. The maximum atomic E-state index is 13.7. The third-order valence-electron chi connectivity index (χ3n) is 6.97. The molecule has 2 N–H and O–H groups in total. The number of benzene rings is 2. The van der Waals surface area contributed by atoms with Crippen LogP contribution in [0.2, 0.25) is 0 Å². The standard InChI is InChI=1S/C28H31F4N5O4S/c1-36-10-8-22(19(14-29)15-36)35-27(38)21-11-18(12-24-26(21)34-17-37(24)16-28(30,31)32)5-4-9-33-23-13-20(42(3,39)40)6-7-25(23)41-2/h6-7,11-13,17,19,22,33H,8-10,14-16H2,1-3H3,(H,35,38). The molecule has 1 amide bonds. The number of alkyl halides is 4. The van der Waals surface area contributed by atoms with Crippen LogP contribution in [0.3, 0.4) is 0 Å². The van der Waals surface area contributed by atoms with Crippen LogP contribution >= 0.6 is 0 Å². The van der Waals surface area contributed by atoms with Gasteiger partial charge in [0.2, 0.25) is 0 Å². The third kappa shape index (κ3) is 7.51. The number of piperidine rings is 1. The number of likely N-dealkylation sites (tertiary alicyclic amines) is 1. The summed E-state index contributed by atoms with van der Waals surface area (Å²) < 4.78 is 83.5. The molecule has 0 bridgehead atoms. The number of hydrogen-bond donors (Lipinski definition) is 2. The van der Waals surface area contributed by atoms with Crippen LogP contribution in [-0.2, 0) is 16.4 Å². The molecule has 1 fully saturated rings. The first-order valence-electron chi connectivity index (χ1n) is 13.0. The molecule has 0 saturated carbocycles. The number of nitrogens with zero attached hydrogens (tertiary/aromatic N) is 3. The molecular formula is C28H31F4N5O4S. The van der Waals surface area contributed by atoms with Crippen molar-refractivity contribution in [2.24, 2.45) is 5.92 Å². The summed E-state index contributed by atoms with van der Waals surface area (Å²) in [5.41, 5.74) is 0.831. The number of imidazole rings is 1. The van der Waals surface area contributed by atoms with Crippen LogP contribution < -0.4 is 15.4 Å². The summed E-state index contributed by atoms with van der Waals surface area (Å²) in [6.07, 6.45) is -1.90. The molecule has 1 aliphatic heterocycles. The van der Waals surface area contributed by atoms with Gasteiger partial charge in [0.05, 0.1) is 48.3 Å². The average Bonchev–Trinajstić information content (AvgIpc) is 3.31. The minimum absolute atomic E-state index is 0.0265. The predicted molar refractivity (Wildman–Crippen MR) is 150 cm³/mol. The Bertz CT molecular complexity index is 1630. The molecule has 0 aliphatic carbocycles. The van der Waals surface area contributed by atoms with Crippen molar-refractivity contribution in [3.8, 4) is 17.6 Å².